The molecule has 186 valence electrons. The maximum absolute atomic E-state index is 12.9. The van der Waals surface area contributed by atoms with Gasteiger partial charge in [-0.1, -0.05) is 54.6 Å². The Morgan fingerprint density at radius 2 is 1.92 bits per heavy atom. The van der Waals surface area contributed by atoms with Crippen LogP contribution in [-0.4, -0.2) is 33.0 Å². The van der Waals surface area contributed by atoms with Crippen molar-refractivity contribution in [1.29, 1.82) is 0 Å². The van der Waals surface area contributed by atoms with Crippen molar-refractivity contribution in [3.05, 3.63) is 95.3 Å². The van der Waals surface area contributed by atoms with Gasteiger partial charge in [-0.3, -0.25) is 9.20 Å². The number of ketones is 1. The third-order valence-electron chi connectivity index (χ3n) is 5.86. The van der Waals surface area contributed by atoms with E-state index >= 15 is 0 Å². The van der Waals surface area contributed by atoms with E-state index in [-0.39, 0.29) is 6.54 Å². The molecule has 0 aliphatic rings. The number of allylic oxidation sites excluding steroid dienone is 1. The Balaban J connectivity index is 1.68. The minimum Gasteiger partial charge on any atom is -0.382 e. The number of benzene rings is 2. The second-order valence-corrected chi connectivity index (χ2v) is 8.52. The van der Waals surface area contributed by atoms with Crippen molar-refractivity contribution in [2.24, 2.45) is 0 Å². The normalized spacial score (nSPS) is 12.8. The molecule has 5 nitrogen and oxygen atoms in total. The van der Waals surface area contributed by atoms with Crippen LogP contribution < -0.4 is 5.32 Å². The van der Waals surface area contributed by atoms with Crippen LogP contribution in [0.5, 0.6) is 0 Å². The Kier molecular flexibility index (Phi) is 7.26. The van der Waals surface area contributed by atoms with Crippen LogP contribution in [0.1, 0.15) is 46.5 Å². The molecule has 4 aromatic rings. The number of alkyl halides is 3. The van der Waals surface area contributed by atoms with Crippen LogP contribution in [-0.2, 0) is 0 Å². The highest BCUT2D eigenvalue weighted by molar-refractivity contribution is 6.01. The summed E-state index contributed by atoms with van der Waals surface area (Å²) in [6.45, 7) is 3.39. The van der Waals surface area contributed by atoms with Gasteiger partial charge in [0.15, 0.2) is 11.4 Å². The lowest BCUT2D eigenvalue weighted by Crippen LogP contribution is -2.15. The number of imidazole rings is 1. The summed E-state index contributed by atoms with van der Waals surface area (Å²) in [4.78, 5) is 17.4. The summed E-state index contributed by atoms with van der Waals surface area (Å²) in [5, 5.41) is 13.4. The number of carbonyl (C=O) groups excluding carboxylic acids is 1. The fourth-order valence-electron chi connectivity index (χ4n) is 4.11. The predicted octanol–water partition coefficient (Wildman–Crippen LogP) is 6.62. The van der Waals surface area contributed by atoms with Crippen molar-refractivity contribution < 1.29 is 23.1 Å². The van der Waals surface area contributed by atoms with Crippen molar-refractivity contribution in [3.8, 4) is 11.3 Å². The lowest BCUT2D eigenvalue weighted by atomic mass is 9.95. The van der Waals surface area contributed by atoms with Crippen LogP contribution in [0.2, 0.25) is 0 Å². The van der Waals surface area contributed by atoms with Gasteiger partial charge in [-0.15, -0.1) is 0 Å². The molecule has 0 fully saturated rings. The van der Waals surface area contributed by atoms with Gasteiger partial charge in [0.25, 0.3) is 0 Å². The second-order valence-electron chi connectivity index (χ2n) is 8.52. The fraction of sp³-hybridized carbons (Fsp3) is 0.214. The first-order valence-electron chi connectivity index (χ1n) is 11.5. The SMILES string of the molecule is CC=Cc1cc(NCCC(F)(F)F)c2ncc(-c3ccc(C(=O)C(O)c4ccccc4)c(C)c3)n2c1. The highest BCUT2D eigenvalue weighted by atomic mass is 19.4. The predicted molar refractivity (Wildman–Crippen MR) is 135 cm³/mol. The third kappa shape index (κ3) is 5.49. The number of rotatable bonds is 8. The zero-order chi connectivity index (χ0) is 25.9. The van der Waals surface area contributed by atoms with Gasteiger partial charge in [-0.25, -0.2) is 4.98 Å². The number of hydrogen-bond acceptors (Lipinski definition) is 4. The second kappa shape index (κ2) is 10.4. The molecule has 1 unspecified atom stereocenters. The summed E-state index contributed by atoms with van der Waals surface area (Å²) in [6, 6.07) is 15.8. The summed E-state index contributed by atoms with van der Waals surface area (Å²) < 4.78 is 39.8. The quantitative estimate of drug-likeness (QED) is 0.271. The lowest BCUT2D eigenvalue weighted by Gasteiger charge is -2.14. The van der Waals surface area contributed by atoms with E-state index in [2.05, 4.69) is 10.3 Å². The topological polar surface area (TPSA) is 66.6 Å². The molecule has 0 saturated heterocycles. The van der Waals surface area contributed by atoms with Crippen LogP contribution in [0, 0.1) is 6.92 Å². The highest BCUT2D eigenvalue weighted by Crippen LogP contribution is 2.30. The molecular formula is C28H26F3N3O2. The van der Waals surface area contributed by atoms with Gasteiger partial charge in [-0.05, 0) is 42.7 Å². The number of Topliss-reactive ketones (excluding diaryl/α,β-unsaturated/α-hetero) is 1. The van der Waals surface area contributed by atoms with E-state index in [9.17, 15) is 23.1 Å². The highest BCUT2D eigenvalue weighted by Gasteiger charge is 2.26. The summed E-state index contributed by atoms with van der Waals surface area (Å²) in [7, 11) is 0. The van der Waals surface area contributed by atoms with Gasteiger partial charge in [-0.2, -0.15) is 13.2 Å². The van der Waals surface area contributed by atoms with E-state index in [1.54, 1.807) is 55.6 Å². The van der Waals surface area contributed by atoms with Crippen LogP contribution >= 0.6 is 0 Å². The van der Waals surface area contributed by atoms with Crippen molar-refractivity contribution in [3.63, 3.8) is 0 Å². The number of nitrogens with one attached hydrogen (secondary N) is 1. The molecule has 2 aromatic carbocycles. The lowest BCUT2D eigenvalue weighted by molar-refractivity contribution is -0.131. The molecule has 0 amide bonds. The number of aryl methyl sites for hydroxylation is 1. The molecular weight excluding hydrogens is 467 g/mol. The maximum Gasteiger partial charge on any atom is 0.390 e. The first-order chi connectivity index (χ1) is 17.2. The summed E-state index contributed by atoms with van der Waals surface area (Å²) >= 11 is 0. The molecule has 0 radical (unpaired) electrons. The van der Waals surface area contributed by atoms with Crippen LogP contribution in [0.4, 0.5) is 18.9 Å². The van der Waals surface area contributed by atoms with Crippen molar-refractivity contribution >= 4 is 23.2 Å². The van der Waals surface area contributed by atoms with E-state index in [4.69, 9.17) is 0 Å². The van der Waals surface area contributed by atoms with E-state index in [0.29, 0.717) is 28.0 Å². The smallest absolute Gasteiger partial charge is 0.382 e. The van der Waals surface area contributed by atoms with Crippen LogP contribution in [0.3, 0.4) is 0 Å². The number of aliphatic hydroxyl groups is 1. The van der Waals surface area contributed by atoms with Gasteiger partial charge in [0.05, 0.1) is 24.0 Å². The molecule has 0 aliphatic carbocycles. The number of carbonyl (C=O) groups is 1. The van der Waals surface area contributed by atoms with E-state index in [1.807, 2.05) is 41.8 Å². The number of aliphatic hydroxyl groups excluding tert-OH is 1. The zero-order valence-electron chi connectivity index (χ0n) is 19.9. The van der Waals surface area contributed by atoms with Crippen molar-refractivity contribution in [1.82, 2.24) is 9.38 Å². The van der Waals surface area contributed by atoms with Gasteiger partial charge < -0.3 is 10.4 Å². The Hall–Kier alpha value is -3.91. The van der Waals surface area contributed by atoms with Crippen LogP contribution in [0.15, 0.2) is 73.1 Å². The van der Waals surface area contributed by atoms with Gasteiger partial charge in [0.2, 0.25) is 0 Å². The minimum absolute atomic E-state index is 0.264. The van der Waals surface area contributed by atoms with E-state index in [1.165, 1.54) is 0 Å². The van der Waals surface area contributed by atoms with Gasteiger partial charge in [0, 0.05) is 23.9 Å². The molecule has 2 N–H and O–H groups in total. The van der Waals surface area contributed by atoms with E-state index < -0.39 is 24.5 Å². The first kappa shape index (κ1) is 25.2. The molecule has 2 heterocycles. The number of nitrogens with zero attached hydrogens (tertiary/aromatic N) is 2. The van der Waals surface area contributed by atoms with Gasteiger partial charge >= 0.3 is 6.18 Å². The molecule has 2 aromatic heterocycles. The zero-order valence-corrected chi connectivity index (χ0v) is 19.9. The Morgan fingerprint density at radius 3 is 2.58 bits per heavy atom. The fourth-order valence-corrected chi connectivity index (χ4v) is 4.11. The largest absolute Gasteiger partial charge is 0.390 e. The third-order valence-corrected chi connectivity index (χ3v) is 5.86. The Morgan fingerprint density at radius 1 is 1.17 bits per heavy atom. The Labute approximate surface area is 206 Å². The first-order valence-corrected chi connectivity index (χ1v) is 11.5. The maximum atomic E-state index is 12.9. The number of fused-ring (bicyclic) bond motifs is 1. The molecule has 0 saturated carbocycles. The van der Waals surface area contributed by atoms with E-state index in [0.717, 1.165) is 16.8 Å². The average Bonchev–Trinajstić information content (AvgIpc) is 3.27. The monoisotopic (exact) mass is 493 g/mol. The minimum atomic E-state index is -4.25. The molecule has 0 spiro atoms. The number of pyridine rings is 1. The van der Waals surface area contributed by atoms with Crippen molar-refractivity contribution in [2.45, 2.75) is 32.5 Å². The molecule has 0 aliphatic heterocycles. The molecule has 1 atom stereocenters. The number of aromatic nitrogens is 2. The summed E-state index contributed by atoms with van der Waals surface area (Å²) in [6.07, 6.45) is 0.745. The standard InChI is InChI=1S/C28H26F3N3O2/c1-3-7-19-15-23(32-13-12-28(29,30)31)27-33-16-24(34(27)17-19)21-10-11-22(18(2)14-21)26(36)25(35)20-8-5-4-6-9-20/h3-11,14-17,25,32,35H,12-13H2,1-2H3. The Bertz CT molecular complexity index is 1410. The molecule has 36 heavy (non-hydrogen) atoms. The summed E-state index contributed by atoms with van der Waals surface area (Å²) in [5.74, 6) is -0.394. The van der Waals surface area contributed by atoms with Gasteiger partial charge in [0.1, 0.15) is 6.10 Å². The number of hydrogen-bond donors (Lipinski definition) is 2. The van der Waals surface area contributed by atoms with Crippen molar-refractivity contribution in [2.75, 3.05) is 11.9 Å². The molecule has 4 rings (SSSR count). The molecule has 0 bridgehead atoms. The number of anilines is 1. The average molecular weight is 494 g/mol. The van der Waals surface area contributed by atoms with Crippen LogP contribution in [0.25, 0.3) is 23.0 Å². The summed E-state index contributed by atoms with van der Waals surface area (Å²) in [5.41, 5.74) is 4.92. The molecule has 8 heteroatoms. The number of halogens is 3.